The monoisotopic (exact) mass is 1150 g/mol. The number of rotatable bonds is 16. The number of carbonyl (C=O) groups excluding carboxylic acids is 1. The fraction of sp³-hybridized carbons (Fsp3) is 0.0682. The van der Waals surface area contributed by atoms with Crippen LogP contribution < -0.4 is 138 Å². The predicted molar refractivity (Wildman–Crippen MR) is 246 cm³/mol. The van der Waals surface area contributed by atoms with Crippen LogP contribution >= 0.6 is 0 Å². The maximum Gasteiger partial charge on any atom is 1.00 e. The fourth-order valence-electron chi connectivity index (χ4n) is 6.65. The molecule has 0 aliphatic rings. The second kappa shape index (κ2) is 27.2. The average Bonchev–Trinajstić information content (AvgIpc) is 3.34. The van der Waals surface area contributed by atoms with Crippen LogP contribution in [0.2, 0.25) is 0 Å². The molecule has 0 saturated carbocycles. The van der Waals surface area contributed by atoms with E-state index in [1.807, 2.05) is 0 Å². The minimum atomic E-state index is -5.59. The van der Waals surface area contributed by atoms with Gasteiger partial charge in [0.1, 0.15) is 87.5 Å². The van der Waals surface area contributed by atoms with Gasteiger partial charge in [0.15, 0.2) is 17.2 Å². The first-order chi connectivity index (χ1) is 34.4. The first-order valence-corrected chi connectivity index (χ1v) is 24.2. The summed E-state index contributed by atoms with van der Waals surface area (Å²) in [5, 5.41) is 84.4. The van der Waals surface area contributed by atoms with Crippen LogP contribution in [0.25, 0.3) is 21.9 Å². The smallest absolute Gasteiger partial charge is 0.744 e. The number of hydrogen-bond acceptors (Lipinski definition) is 26. The summed E-state index contributed by atoms with van der Waals surface area (Å²) in [6.45, 7) is 0. The summed E-state index contributed by atoms with van der Waals surface area (Å²) in [4.78, 5) is 8.32. The Hall–Kier alpha value is -5.00. The van der Waals surface area contributed by atoms with Gasteiger partial charge in [-0.15, -0.1) is 35.8 Å². The van der Waals surface area contributed by atoms with Crippen molar-refractivity contribution >= 4 is 92.6 Å². The summed E-state index contributed by atoms with van der Waals surface area (Å²) in [7, 11) is -12.1. The number of carboxylic acid groups (broad SMARTS) is 1. The van der Waals surface area contributed by atoms with Crippen molar-refractivity contribution in [1.29, 1.82) is 0 Å². The molecule has 26 nitrogen and oxygen atoms in total. The van der Waals surface area contributed by atoms with Gasteiger partial charge in [-0.25, -0.2) is 25.3 Å². The molecule has 0 saturated heterocycles. The molecule has 376 valence electrons. The zero-order valence-electron chi connectivity index (χ0n) is 41.1. The van der Waals surface area contributed by atoms with E-state index >= 15 is 0 Å². The summed E-state index contributed by atoms with van der Waals surface area (Å²) < 4.78 is 126. The number of ether oxygens (including phenoxy) is 3. The molecule has 0 spiro atoms. The van der Waals surface area contributed by atoms with Crippen LogP contribution in [0.3, 0.4) is 0 Å². The molecular formula is C44H30N8Na4O18S3. The average molecular weight is 1150 g/mol. The molecule has 4 N–H and O–H groups in total. The number of fused-ring (bicyclic) bond motifs is 1. The number of phenolic OH excluding ortho intramolecular Hbond substituents is 3. The van der Waals surface area contributed by atoms with Gasteiger partial charge in [-0.3, -0.25) is 0 Å². The number of carbonyl (C=O) groups is 1. The Kier molecular flexibility index (Phi) is 23.5. The largest absolute Gasteiger partial charge is 1.00 e. The molecule has 0 amide bonds. The van der Waals surface area contributed by atoms with Crippen molar-refractivity contribution < 1.29 is 202 Å². The van der Waals surface area contributed by atoms with Crippen LogP contribution in [0.1, 0.15) is 10.4 Å². The number of phenols is 4. The van der Waals surface area contributed by atoms with Gasteiger partial charge in [-0.05, 0) is 108 Å². The van der Waals surface area contributed by atoms with E-state index in [-0.39, 0.29) is 158 Å². The van der Waals surface area contributed by atoms with Crippen LogP contribution in [-0.4, -0.2) is 86.6 Å². The number of methoxy groups -OCH3 is 3. The Morgan fingerprint density at radius 3 is 1.49 bits per heavy atom. The zero-order chi connectivity index (χ0) is 53.2. The molecule has 33 heteroatoms. The summed E-state index contributed by atoms with van der Waals surface area (Å²) in [5.41, 5.74) is -2.49. The molecule has 0 atom stereocenters. The van der Waals surface area contributed by atoms with Gasteiger partial charge >= 0.3 is 118 Å². The summed E-state index contributed by atoms with van der Waals surface area (Å²) >= 11 is 0. The number of nitrogens with zero attached hydrogens (tertiary/aromatic N) is 8. The van der Waals surface area contributed by atoms with Gasteiger partial charge in [0.05, 0.1) is 58.7 Å². The van der Waals surface area contributed by atoms with Crippen LogP contribution in [0.4, 0.5) is 45.5 Å². The molecule has 7 aromatic rings. The first-order valence-electron chi connectivity index (χ1n) is 19.9. The molecular weight excluding hydrogens is 1120 g/mol. The maximum atomic E-state index is 12.7. The van der Waals surface area contributed by atoms with Crippen LogP contribution in [0.15, 0.2) is 159 Å². The Labute approximate surface area is 525 Å². The molecule has 7 aromatic carbocycles. The Morgan fingerprint density at radius 2 is 0.948 bits per heavy atom. The van der Waals surface area contributed by atoms with Crippen LogP contribution in [0, 0.1) is 0 Å². The second-order valence-electron chi connectivity index (χ2n) is 14.7. The number of aromatic carboxylic acids is 1. The first kappa shape index (κ1) is 66.3. The zero-order valence-corrected chi connectivity index (χ0v) is 51.6. The molecule has 0 aliphatic heterocycles. The van der Waals surface area contributed by atoms with Crippen molar-refractivity contribution in [2.45, 2.75) is 14.7 Å². The van der Waals surface area contributed by atoms with Crippen molar-refractivity contribution in [1.82, 2.24) is 0 Å². The third-order valence-corrected chi connectivity index (χ3v) is 12.6. The number of azo groups is 4. The Morgan fingerprint density at radius 1 is 0.455 bits per heavy atom. The van der Waals surface area contributed by atoms with Crippen molar-refractivity contribution in [3.8, 4) is 51.4 Å². The van der Waals surface area contributed by atoms with E-state index in [1.54, 1.807) is 12.1 Å². The number of hydrogen-bond donors (Lipinski definition) is 4. The van der Waals surface area contributed by atoms with E-state index in [0.29, 0.717) is 29.3 Å². The maximum absolute atomic E-state index is 12.7. The molecule has 7 rings (SSSR count). The van der Waals surface area contributed by atoms with Crippen molar-refractivity contribution in [3.63, 3.8) is 0 Å². The summed E-state index contributed by atoms with van der Waals surface area (Å²) in [6, 6.07) is 19.2. The molecule has 0 heterocycles. The van der Waals surface area contributed by atoms with Gasteiger partial charge in [-0.2, -0.15) is 5.11 Å². The summed E-state index contributed by atoms with van der Waals surface area (Å²) in [5.74, 6) is -4.79. The minimum Gasteiger partial charge on any atom is -0.744 e. The third-order valence-electron chi connectivity index (χ3n) is 10.2. The van der Waals surface area contributed by atoms with E-state index in [0.717, 1.165) is 42.5 Å². The van der Waals surface area contributed by atoms with E-state index in [4.69, 9.17) is 14.2 Å². The fourth-order valence-corrected chi connectivity index (χ4v) is 8.31. The minimum absolute atomic E-state index is 0. The van der Waals surface area contributed by atoms with Crippen molar-refractivity contribution in [2.75, 3.05) is 21.3 Å². The molecule has 0 fully saturated rings. The molecule has 0 unspecified atom stereocenters. The molecule has 0 aromatic heterocycles. The molecule has 0 bridgehead atoms. The predicted octanol–water partition coefficient (Wildman–Crippen LogP) is -3.89. The summed E-state index contributed by atoms with van der Waals surface area (Å²) in [6.07, 6.45) is 0. The van der Waals surface area contributed by atoms with Crippen molar-refractivity contribution in [3.05, 3.63) is 109 Å². The number of carboxylic acids is 1. The molecule has 0 aliphatic carbocycles. The molecule has 77 heavy (non-hydrogen) atoms. The topological polar surface area (TPSA) is 419 Å². The van der Waals surface area contributed by atoms with Gasteiger partial charge < -0.3 is 58.2 Å². The van der Waals surface area contributed by atoms with Gasteiger partial charge in [0.2, 0.25) is 0 Å². The normalized spacial score (nSPS) is 11.8. The van der Waals surface area contributed by atoms with Crippen molar-refractivity contribution in [2.24, 2.45) is 40.9 Å². The molecule has 0 radical (unpaired) electrons. The standard InChI is InChI=1S/C44H34N8O18S3.4Na/c1-68-35-13-7-25(71(59,60)61)19-31(35)49-51-40-34(54)12-10-30(42(40)55)48-50-32-20-26(72(62,63)64)14-23-17-38(73(65,66)67)41(43(56)39(23)32)52-47-29-9-5-22(16-37(29)70-3)21-4-8-28(36(15-21)69-2)46-45-24-6-11-33(53)27(18-24)44(57)58;;;;/h4-20,53-56H,1-3H3,(H,57,58)(H,59,60,61)(H,62,63,64)(H,65,66,67);;;;/q;4*+1/p-4. The second-order valence-corrected chi connectivity index (χ2v) is 18.8. The quantitative estimate of drug-likeness (QED) is 0.0408. The number of aromatic hydroxyl groups is 4. The van der Waals surface area contributed by atoms with E-state index in [9.17, 15) is 69.2 Å². The third kappa shape index (κ3) is 15.4. The number of benzene rings is 7. The SMILES string of the molecule is COc1cc(-c2ccc(N=Nc3c(S(=O)(=O)[O-])cc4cc(S(=O)(=O)[O-])cc(N=Nc5ccc(O)c(N=Nc6cc(S(=O)(=O)[O-])ccc6OC)c5O)c4c3O)c(OC)c2)ccc1N=Nc1ccc(O)c(C(=O)[O-])c1.[Na+].[Na+].[Na+].[Na+]. The van der Waals surface area contributed by atoms with E-state index < -0.39 is 113 Å². The van der Waals surface area contributed by atoms with E-state index in [2.05, 4.69) is 40.9 Å². The Bertz CT molecular complexity index is 3910. The van der Waals surface area contributed by atoms with Crippen LogP contribution in [-0.2, 0) is 30.4 Å². The van der Waals surface area contributed by atoms with E-state index in [1.165, 1.54) is 51.7 Å². The Balaban J connectivity index is 0.00000390. The van der Waals surface area contributed by atoms with Gasteiger partial charge in [0.25, 0.3) is 0 Å². The van der Waals surface area contributed by atoms with Gasteiger partial charge in [-0.1, -0.05) is 12.1 Å². The van der Waals surface area contributed by atoms with Crippen LogP contribution in [0.5, 0.6) is 40.2 Å². The van der Waals surface area contributed by atoms with Gasteiger partial charge in [0, 0.05) is 5.56 Å².